The Labute approximate surface area is 184 Å². The minimum Gasteiger partial charge on any atom is -0.475 e. The van der Waals surface area contributed by atoms with Crippen molar-refractivity contribution in [2.75, 3.05) is 6.61 Å². The summed E-state index contributed by atoms with van der Waals surface area (Å²) in [4.78, 5) is 11.1. The highest BCUT2D eigenvalue weighted by molar-refractivity contribution is 5.73. The molecule has 4 rings (SSSR count). The van der Waals surface area contributed by atoms with Crippen molar-refractivity contribution in [1.29, 1.82) is 5.26 Å². The topological polar surface area (TPSA) is 128 Å². The summed E-state index contributed by atoms with van der Waals surface area (Å²) >= 11 is 0. The molecule has 0 amide bonds. The number of aliphatic carboxylic acids is 1. The Balaban J connectivity index is 0.000000383. The van der Waals surface area contributed by atoms with Crippen LogP contribution in [0.4, 0.5) is 22.0 Å². The van der Waals surface area contributed by atoms with Gasteiger partial charge in [0.1, 0.15) is 23.8 Å². The Kier molecular flexibility index (Phi) is 7.31. The van der Waals surface area contributed by atoms with E-state index in [-0.39, 0.29) is 11.6 Å². The van der Waals surface area contributed by atoms with E-state index in [9.17, 15) is 22.0 Å². The summed E-state index contributed by atoms with van der Waals surface area (Å²) in [5, 5.41) is 23.2. The van der Waals surface area contributed by atoms with Gasteiger partial charge in [0.2, 0.25) is 0 Å². The SMILES string of the molecule is N#Cc1n[nH]c2c1CN([C@H]1CCO[C@H](c3cc(F)ccc3F)[C@@H](N)C1)C2.O=C(O)C(F)(F)F. The van der Waals surface area contributed by atoms with Gasteiger partial charge in [0.15, 0.2) is 5.69 Å². The maximum Gasteiger partial charge on any atom is 0.490 e. The first-order valence-corrected chi connectivity index (χ1v) is 9.83. The number of alkyl halides is 3. The third-order valence-electron chi connectivity index (χ3n) is 5.49. The van der Waals surface area contributed by atoms with Gasteiger partial charge in [0, 0.05) is 42.9 Å². The molecule has 2 aliphatic heterocycles. The van der Waals surface area contributed by atoms with Gasteiger partial charge < -0.3 is 15.6 Å². The zero-order valence-electron chi connectivity index (χ0n) is 17.1. The fraction of sp³-hybridized carbons (Fsp3) is 0.450. The Morgan fingerprint density at radius 1 is 1.33 bits per heavy atom. The number of nitrogens with one attached hydrogen (secondary N) is 1. The number of benzene rings is 1. The minimum atomic E-state index is -5.08. The van der Waals surface area contributed by atoms with Crippen LogP contribution in [0.3, 0.4) is 0 Å². The molecule has 33 heavy (non-hydrogen) atoms. The summed E-state index contributed by atoms with van der Waals surface area (Å²) in [6.07, 6.45) is -4.42. The molecule has 13 heteroatoms. The van der Waals surface area contributed by atoms with Crippen LogP contribution in [0, 0.1) is 23.0 Å². The number of nitrogens with two attached hydrogens (primary N) is 1. The minimum absolute atomic E-state index is 0.138. The normalized spacial score (nSPS) is 23.1. The Bertz CT molecular complexity index is 1050. The van der Waals surface area contributed by atoms with Crippen molar-refractivity contribution < 1.29 is 36.6 Å². The van der Waals surface area contributed by atoms with Crippen molar-refractivity contribution >= 4 is 5.97 Å². The summed E-state index contributed by atoms with van der Waals surface area (Å²) in [6, 6.07) is 5.13. The van der Waals surface area contributed by atoms with Gasteiger partial charge in [-0.1, -0.05) is 0 Å². The van der Waals surface area contributed by atoms with Gasteiger partial charge in [-0.05, 0) is 31.0 Å². The Morgan fingerprint density at radius 3 is 2.67 bits per heavy atom. The predicted molar refractivity (Wildman–Crippen MR) is 102 cm³/mol. The molecule has 1 saturated heterocycles. The predicted octanol–water partition coefficient (Wildman–Crippen LogP) is 2.76. The molecule has 1 aromatic carbocycles. The highest BCUT2D eigenvalue weighted by Crippen LogP contribution is 2.34. The fourth-order valence-electron chi connectivity index (χ4n) is 3.91. The van der Waals surface area contributed by atoms with Gasteiger partial charge in [-0.25, -0.2) is 13.6 Å². The van der Waals surface area contributed by atoms with Crippen LogP contribution in [-0.2, 0) is 22.6 Å². The first-order chi connectivity index (χ1) is 15.5. The van der Waals surface area contributed by atoms with E-state index in [1.807, 2.05) is 0 Å². The molecule has 4 N–H and O–H groups in total. The number of nitrogens with zero attached hydrogens (tertiary/aromatic N) is 3. The molecule has 3 atom stereocenters. The van der Waals surface area contributed by atoms with Gasteiger partial charge in [-0.15, -0.1) is 0 Å². The Hall–Kier alpha value is -3.08. The van der Waals surface area contributed by atoms with Crippen molar-refractivity contribution in [3.05, 3.63) is 52.3 Å². The number of halogens is 5. The molecule has 0 spiro atoms. The molecule has 1 fully saturated rings. The van der Waals surface area contributed by atoms with Crippen molar-refractivity contribution in [3.63, 3.8) is 0 Å². The third-order valence-corrected chi connectivity index (χ3v) is 5.49. The van der Waals surface area contributed by atoms with Crippen molar-refractivity contribution in [2.45, 2.75) is 50.3 Å². The smallest absolute Gasteiger partial charge is 0.475 e. The number of rotatable bonds is 2. The molecule has 0 saturated carbocycles. The number of hydrogen-bond acceptors (Lipinski definition) is 6. The highest BCUT2D eigenvalue weighted by atomic mass is 19.4. The first kappa shape index (κ1) is 24.6. The van der Waals surface area contributed by atoms with Crippen LogP contribution in [0.2, 0.25) is 0 Å². The average molecular weight is 473 g/mol. The monoisotopic (exact) mass is 473 g/mol. The molecule has 0 aliphatic carbocycles. The third kappa shape index (κ3) is 5.65. The standard InChI is InChI=1S/C18H19F2N5O.C2HF3O2/c19-10-1-2-14(20)12(5-10)18-15(22)6-11(3-4-26-18)25-8-13-16(7-21)23-24-17(13)9-25;3-2(4,5)1(6)7/h1-2,5,11,15,18H,3-4,6,8-9,22H2,(H,23,24);(H,6,7)/t11-,15-,18+;/m0./s1. The van der Waals surface area contributed by atoms with Gasteiger partial charge in [0.25, 0.3) is 0 Å². The number of aromatic nitrogens is 2. The summed E-state index contributed by atoms with van der Waals surface area (Å²) in [5.41, 5.74) is 8.79. The lowest BCUT2D eigenvalue weighted by atomic mass is 9.96. The van der Waals surface area contributed by atoms with Gasteiger partial charge >= 0.3 is 12.1 Å². The van der Waals surface area contributed by atoms with E-state index in [4.69, 9.17) is 25.6 Å². The van der Waals surface area contributed by atoms with Crippen LogP contribution in [0.15, 0.2) is 18.2 Å². The number of ether oxygens (including phenoxy) is 1. The lowest BCUT2D eigenvalue weighted by molar-refractivity contribution is -0.192. The maximum atomic E-state index is 14.1. The molecule has 2 aliphatic rings. The van der Waals surface area contributed by atoms with E-state index in [2.05, 4.69) is 21.2 Å². The molecular formula is C20H20F5N5O3. The molecular weight excluding hydrogens is 453 g/mol. The van der Waals surface area contributed by atoms with E-state index in [1.165, 1.54) is 0 Å². The van der Waals surface area contributed by atoms with Crippen LogP contribution < -0.4 is 5.73 Å². The van der Waals surface area contributed by atoms with Crippen molar-refractivity contribution in [3.8, 4) is 6.07 Å². The molecule has 178 valence electrons. The number of fused-ring (bicyclic) bond motifs is 1. The first-order valence-electron chi connectivity index (χ1n) is 9.83. The fourth-order valence-corrected chi connectivity index (χ4v) is 3.91. The van der Waals surface area contributed by atoms with Gasteiger partial charge in [-0.3, -0.25) is 10.00 Å². The molecule has 1 aromatic heterocycles. The van der Waals surface area contributed by atoms with E-state index < -0.39 is 35.9 Å². The molecule has 0 bridgehead atoms. The van der Waals surface area contributed by atoms with Crippen LogP contribution in [-0.4, -0.2) is 51.0 Å². The zero-order chi connectivity index (χ0) is 24.3. The lowest BCUT2D eigenvalue weighted by Gasteiger charge is -2.28. The number of hydrogen-bond donors (Lipinski definition) is 3. The van der Waals surface area contributed by atoms with E-state index in [0.717, 1.165) is 35.9 Å². The van der Waals surface area contributed by atoms with Gasteiger partial charge in [0.05, 0.1) is 5.69 Å². The highest BCUT2D eigenvalue weighted by Gasteiger charge is 2.38. The second-order valence-corrected chi connectivity index (χ2v) is 7.65. The maximum absolute atomic E-state index is 14.1. The summed E-state index contributed by atoms with van der Waals surface area (Å²) < 4.78 is 65.2. The molecule has 3 heterocycles. The summed E-state index contributed by atoms with van der Waals surface area (Å²) in [5.74, 6) is -3.77. The number of carboxylic acid groups (broad SMARTS) is 1. The van der Waals surface area contributed by atoms with Crippen LogP contribution >= 0.6 is 0 Å². The lowest BCUT2D eigenvalue weighted by Crippen LogP contribution is -2.38. The zero-order valence-corrected chi connectivity index (χ0v) is 17.1. The molecule has 2 aromatic rings. The molecule has 0 unspecified atom stereocenters. The quantitative estimate of drug-likeness (QED) is 0.572. The van der Waals surface area contributed by atoms with Crippen LogP contribution in [0.25, 0.3) is 0 Å². The largest absolute Gasteiger partial charge is 0.490 e. The number of carbonyl (C=O) groups is 1. The molecule has 0 radical (unpaired) electrons. The van der Waals surface area contributed by atoms with E-state index in [0.29, 0.717) is 31.8 Å². The second-order valence-electron chi connectivity index (χ2n) is 7.65. The number of carboxylic acids is 1. The summed E-state index contributed by atoms with van der Waals surface area (Å²) in [7, 11) is 0. The van der Waals surface area contributed by atoms with Crippen LogP contribution in [0.1, 0.15) is 41.5 Å². The van der Waals surface area contributed by atoms with Gasteiger partial charge in [-0.2, -0.15) is 23.5 Å². The number of H-pyrrole nitrogens is 1. The van der Waals surface area contributed by atoms with E-state index in [1.54, 1.807) is 0 Å². The van der Waals surface area contributed by atoms with Crippen molar-refractivity contribution in [2.24, 2.45) is 5.73 Å². The summed E-state index contributed by atoms with van der Waals surface area (Å²) in [6.45, 7) is 1.71. The Morgan fingerprint density at radius 2 is 2.03 bits per heavy atom. The second kappa shape index (κ2) is 9.82. The van der Waals surface area contributed by atoms with Crippen LogP contribution in [0.5, 0.6) is 0 Å². The average Bonchev–Trinajstić information content (AvgIpc) is 3.26. The number of nitriles is 1. The van der Waals surface area contributed by atoms with Crippen molar-refractivity contribution in [1.82, 2.24) is 15.1 Å². The van der Waals surface area contributed by atoms with E-state index >= 15 is 0 Å². The molecule has 8 nitrogen and oxygen atoms in total. The number of aromatic amines is 1.